The fourth-order valence-electron chi connectivity index (χ4n) is 4.27. The molecule has 0 aromatic heterocycles. The van der Waals surface area contributed by atoms with Crippen LogP contribution in [0.25, 0.3) is 0 Å². The Hall–Kier alpha value is -3.96. The van der Waals surface area contributed by atoms with Crippen molar-refractivity contribution >= 4 is 0 Å². The summed E-state index contributed by atoms with van der Waals surface area (Å²) in [6.45, 7) is 27.7. The zero-order valence-corrected chi connectivity index (χ0v) is 30.7. The van der Waals surface area contributed by atoms with Crippen molar-refractivity contribution in [2.24, 2.45) is 10.8 Å². The first-order chi connectivity index (χ1) is 23.0. The molecular formula is C40H58O9. The van der Waals surface area contributed by atoms with Crippen LogP contribution in [0.3, 0.4) is 0 Å². The number of rotatable bonds is 24. The van der Waals surface area contributed by atoms with Crippen LogP contribution in [-0.4, -0.2) is 95.6 Å². The van der Waals surface area contributed by atoms with Gasteiger partial charge in [-0.05, 0) is 71.2 Å². The molecule has 49 heavy (non-hydrogen) atoms. The zero-order chi connectivity index (χ0) is 37.8. The molecule has 1 atom stereocenters. The van der Waals surface area contributed by atoms with Crippen LogP contribution in [-0.2, 0) is 23.7 Å². The lowest BCUT2D eigenvalue weighted by Gasteiger charge is -2.34. The predicted molar refractivity (Wildman–Crippen MR) is 200 cm³/mol. The monoisotopic (exact) mass is 682 g/mol. The minimum Gasteiger partial charge on any atom is -0.508 e. The molecule has 4 N–H and O–H groups in total. The minimum absolute atomic E-state index is 0.0328. The Morgan fingerprint density at radius 1 is 0.510 bits per heavy atom. The lowest BCUT2D eigenvalue weighted by atomic mass is 9.69. The molecule has 0 bridgehead atoms. The van der Waals surface area contributed by atoms with Gasteiger partial charge in [0.1, 0.15) is 17.3 Å². The molecule has 0 spiro atoms. The molecule has 0 aliphatic carbocycles. The summed E-state index contributed by atoms with van der Waals surface area (Å²) in [5.74, 6) is -0.165. The third kappa shape index (κ3) is 13.8. The second-order valence-electron chi connectivity index (χ2n) is 11.9. The normalized spacial score (nSPS) is 15.4. The van der Waals surface area contributed by atoms with E-state index in [1.165, 1.54) is 47.7 Å². The Morgan fingerprint density at radius 2 is 0.857 bits per heavy atom. The van der Waals surface area contributed by atoms with Crippen LogP contribution in [0.2, 0.25) is 0 Å². The third-order valence-electron chi connectivity index (χ3n) is 8.15. The maximum Gasteiger partial charge on any atom is 0.119 e. The van der Waals surface area contributed by atoms with Gasteiger partial charge in [-0.3, -0.25) is 0 Å². The summed E-state index contributed by atoms with van der Waals surface area (Å²) in [5.41, 5.74) is 2.28. The van der Waals surface area contributed by atoms with Gasteiger partial charge in [-0.15, -0.1) is 0 Å². The van der Waals surface area contributed by atoms with Crippen molar-refractivity contribution in [3.05, 3.63) is 143 Å². The number of allylic oxidation sites excluding steroid dienone is 10. The van der Waals surface area contributed by atoms with E-state index in [-0.39, 0.29) is 55.9 Å². The summed E-state index contributed by atoms with van der Waals surface area (Å²) in [6.07, 6.45) is 13.1. The lowest BCUT2D eigenvalue weighted by Crippen LogP contribution is -2.23. The Labute approximate surface area is 293 Å². The van der Waals surface area contributed by atoms with Crippen molar-refractivity contribution in [1.82, 2.24) is 0 Å². The van der Waals surface area contributed by atoms with Crippen molar-refractivity contribution in [2.75, 3.05) is 75.2 Å². The molecule has 0 aromatic rings. The van der Waals surface area contributed by atoms with Gasteiger partial charge in [-0.25, -0.2) is 0 Å². The Morgan fingerprint density at radius 3 is 1.22 bits per heavy atom. The summed E-state index contributed by atoms with van der Waals surface area (Å²) in [4.78, 5) is 0. The molecule has 0 heterocycles. The molecule has 0 aliphatic rings. The van der Waals surface area contributed by atoms with Crippen LogP contribution in [0.5, 0.6) is 0 Å². The fourth-order valence-corrected chi connectivity index (χ4v) is 4.27. The Balaban J connectivity index is 7.05. The second-order valence-corrected chi connectivity index (χ2v) is 11.9. The standard InChI is InChI=1S/C40H58O9/c1-28(39(6,7)30(3)22-34(26-48-12)37(43)17-20-46-10)14-15-29(2)40(8,31(4)23-33(25-41)36(42)16-19-45-9)32(5)24-35(27-49-13)38(44)18-21-47-11/h14-18,22-24,41-44H,1-5,19-21,25-27H2,6-13H3. The number of ether oxygens (including phenoxy) is 5. The highest BCUT2D eigenvalue weighted by atomic mass is 16.5. The summed E-state index contributed by atoms with van der Waals surface area (Å²) >= 11 is 0. The second kappa shape index (κ2) is 22.6. The maximum absolute atomic E-state index is 10.8. The van der Waals surface area contributed by atoms with Crippen LogP contribution in [0.15, 0.2) is 143 Å². The van der Waals surface area contributed by atoms with E-state index in [4.69, 9.17) is 23.7 Å². The topological polar surface area (TPSA) is 127 Å². The van der Waals surface area contributed by atoms with E-state index >= 15 is 0 Å². The van der Waals surface area contributed by atoms with Crippen molar-refractivity contribution < 1.29 is 44.1 Å². The number of hydrogen-bond acceptors (Lipinski definition) is 9. The van der Waals surface area contributed by atoms with E-state index in [0.29, 0.717) is 39.0 Å². The quantitative estimate of drug-likeness (QED) is 0.0599. The minimum atomic E-state index is -1.09. The number of aliphatic hydroxyl groups excluding tert-OH is 4. The molecule has 0 saturated heterocycles. The molecule has 0 amide bonds. The van der Waals surface area contributed by atoms with Gasteiger partial charge in [0.15, 0.2) is 0 Å². The van der Waals surface area contributed by atoms with Gasteiger partial charge in [-0.2, -0.15) is 0 Å². The average molecular weight is 683 g/mol. The predicted octanol–water partition coefficient (Wildman–Crippen LogP) is 7.69. The van der Waals surface area contributed by atoms with E-state index in [9.17, 15) is 20.4 Å². The molecule has 9 nitrogen and oxygen atoms in total. The van der Waals surface area contributed by atoms with Crippen LogP contribution < -0.4 is 0 Å². The van der Waals surface area contributed by atoms with Crippen LogP contribution >= 0.6 is 0 Å². The SMILES string of the molecule is C=C(C=CC(=C)C(C)(C(=C)C=C(CO)C(O)=CCOC)C(=C)C=C(COC)C(O)=CCOC)C(C)(C)C(=C)C=C(COC)C(O)=CCOC. The van der Waals surface area contributed by atoms with Gasteiger partial charge in [0.05, 0.1) is 39.6 Å². The number of hydrogen-bond donors (Lipinski definition) is 4. The van der Waals surface area contributed by atoms with Crippen LogP contribution in [0, 0.1) is 10.8 Å². The van der Waals surface area contributed by atoms with Crippen molar-refractivity contribution in [3.8, 4) is 0 Å². The smallest absolute Gasteiger partial charge is 0.119 e. The summed E-state index contributed by atoms with van der Waals surface area (Å²) in [7, 11) is 7.60. The third-order valence-corrected chi connectivity index (χ3v) is 8.15. The van der Waals surface area contributed by atoms with E-state index < -0.39 is 17.4 Å². The van der Waals surface area contributed by atoms with Crippen molar-refractivity contribution in [1.29, 1.82) is 0 Å². The van der Waals surface area contributed by atoms with Gasteiger partial charge in [-0.1, -0.05) is 58.9 Å². The van der Waals surface area contributed by atoms with Gasteiger partial charge >= 0.3 is 0 Å². The molecule has 0 fully saturated rings. The van der Waals surface area contributed by atoms with E-state index in [0.717, 1.165) is 0 Å². The highest BCUT2D eigenvalue weighted by Crippen LogP contribution is 2.44. The van der Waals surface area contributed by atoms with E-state index in [1.807, 2.05) is 26.8 Å². The molecule has 0 aliphatic heterocycles. The van der Waals surface area contributed by atoms with Gasteiger partial charge in [0.2, 0.25) is 0 Å². The molecular weight excluding hydrogens is 624 g/mol. The molecule has 0 aromatic carbocycles. The first kappa shape index (κ1) is 45.0. The van der Waals surface area contributed by atoms with Crippen molar-refractivity contribution in [3.63, 3.8) is 0 Å². The largest absolute Gasteiger partial charge is 0.508 e. The Kier molecular flexibility index (Phi) is 20.8. The average Bonchev–Trinajstić information content (AvgIpc) is 3.07. The van der Waals surface area contributed by atoms with Gasteiger partial charge in [0.25, 0.3) is 0 Å². The van der Waals surface area contributed by atoms with Crippen LogP contribution in [0.1, 0.15) is 20.8 Å². The van der Waals surface area contributed by atoms with Gasteiger partial charge in [0, 0.05) is 63.1 Å². The van der Waals surface area contributed by atoms with E-state index in [1.54, 1.807) is 30.4 Å². The lowest BCUT2D eigenvalue weighted by molar-refractivity contribution is 0.215. The summed E-state index contributed by atoms with van der Waals surface area (Å²) in [6, 6.07) is 0. The van der Waals surface area contributed by atoms with E-state index in [2.05, 4.69) is 32.9 Å². The molecule has 9 heteroatoms. The molecule has 0 rings (SSSR count). The van der Waals surface area contributed by atoms with Gasteiger partial charge < -0.3 is 44.1 Å². The summed E-state index contributed by atoms with van der Waals surface area (Å²) < 4.78 is 25.8. The zero-order valence-electron chi connectivity index (χ0n) is 30.7. The fraction of sp³-hybridized carbons (Fsp3) is 0.400. The molecule has 0 saturated carbocycles. The molecule has 1 unspecified atom stereocenters. The molecule has 0 radical (unpaired) electrons. The maximum atomic E-state index is 10.8. The first-order valence-electron chi connectivity index (χ1n) is 15.5. The number of methoxy groups -OCH3 is 5. The number of aliphatic hydroxyl groups is 4. The molecule has 272 valence electrons. The first-order valence-corrected chi connectivity index (χ1v) is 15.5. The highest BCUT2D eigenvalue weighted by Gasteiger charge is 2.33. The Bertz CT molecular complexity index is 1400. The highest BCUT2D eigenvalue weighted by molar-refractivity contribution is 5.54. The van der Waals surface area contributed by atoms with Crippen molar-refractivity contribution in [2.45, 2.75) is 20.8 Å². The summed E-state index contributed by atoms with van der Waals surface area (Å²) in [5, 5.41) is 42.0. The van der Waals surface area contributed by atoms with Crippen LogP contribution in [0.4, 0.5) is 0 Å².